The van der Waals surface area contributed by atoms with Gasteiger partial charge >= 0.3 is 0 Å². The Kier molecular flexibility index (Phi) is 7.33. The fourth-order valence-corrected chi connectivity index (χ4v) is 6.13. The van der Waals surface area contributed by atoms with E-state index in [1.165, 1.54) is 31.3 Å². The number of ether oxygens (including phenoxy) is 1. The zero-order valence-corrected chi connectivity index (χ0v) is 19.4. The Morgan fingerprint density at radius 1 is 1.27 bits per heavy atom. The molecule has 3 aliphatic carbocycles. The van der Waals surface area contributed by atoms with Crippen LogP contribution in [0, 0.1) is 17.3 Å². The standard InChI is InChI=1S/C26H42O4/c1-17-20(15-21(27)16-24(17)28)9-8-19-7-6-12-26(5)22(10-11-23(19)26)18(2)30-14-13-25(3,4)29/h8-9,18,21-24,27-29H,1,6-7,10-16H2,2-5H3/b19-8+,20-9?/t18-,21+,22+,23-,24-,26+/m0/s1. The molecule has 3 N–H and O–H groups in total. The summed E-state index contributed by atoms with van der Waals surface area (Å²) in [5.74, 6) is 1.11. The van der Waals surface area contributed by atoms with Crippen molar-refractivity contribution in [2.45, 2.75) is 103 Å². The molecule has 3 rings (SSSR count). The van der Waals surface area contributed by atoms with E-state index in [4.69, 9.17) is 4.74 Å². The number of aliphatic hydroxyl groups is 3. The molecule has 4 nitrogen and oxygen atoms in total. The Morgan fingerprint density at radius 3 is 2.70 bits per heavy atom. The average molecular weight is 419 g/mol. The largest absolute Gasteiger partial charge is 0.393 e. The topological polar surface area (TPSA) is 69.9 Å². The number of allylic oxidation sites excluding steroid dienone is 3. The van der Waals surface area contributed by atoms with Crippen LogP contribution >= 0.6 is 0 Å². The van der Waals surface area contributed by atoms with E-state index in [-0.39, 0.29) is 11.5 Å². The molecule has 6 atom stereocenters. The first-order valence-electron chi connectivity index (χ1n) is 11.8. The van der Waals surface area contributed by atoms with Crippen molar-refractivity contribution in [3.8, 4) is 0 Å². The quantitative estimate of drug-likeness (QED) is 0.585. The normalized spacial score (nSPS) is 38.8. The van der Waals surface area contributed by atoms with Gasteiger partial charge in [0.05, 0.1) is 23.9 Å². The summed E-state index contributed by atoms with van der Waals surface area (Å²) in [5, 5.41) is 30.1. The molecule has 0 saturated heterocycles. The predicted molar refractivity (Wildman–Crippen MR) is 121 cm³/mol. The summed E-state index contributed by atoms with van der Waals surface area (Å²) in [6, 6.07) is 0. The van der Waals surface area contributed by atoms with Gasteiger partial charge in [-0.25, -0.2) is 0 Å². The molecule has 4 heteroatoms. The van der Waals surface area contributed by atoms with Gasteiger partial charge in [0.25, 0.3) is 0 Å². The minimum Gasteiger partial charge on any atom is -0.393 e. The monoisotopic (exact) mass is 418 g/mol. The van der Waals surface area contributed by atoms with Crippen LogP contribution in [-0.4, -0.2) is 45.8 Å². The van der Waals surface area contributed by atoms with E-state index in [0.29, 0.717) is 37.7 Å². The molecule has 0 aromatic carbocycles. The van der Waals surface area contributed by atoms with Crippen LogP contribution < -0.4 is 0 Å². The molecule has 0 unspecified atom stereocenters. The molecule has 0 radical (unpaired) electrons. The summed E-state index contributed by atoms with van der Waals surface area (Å²) in [7, 11) is 0. The van der Waals surface area contributed by atoms with Crippen molar-refractivity contribution in [3.05, 3.63) is 35.5 Å². The van der Waals surface area contributed by atoms with Gasteiger partial charge in [0.15, 0.2) is 0 Å². The predicted octanol–water partition coefficient (Wildman–Crippen LogP) is 4.69. The first-order valence-corrected chi connectivity index (χ1v) is 11.8. The van der Waals surface area contributed by atoms with Gasteiger partial charge in [-0.05, 0) is 94.1 Å². The Bertz CT molecular complexity index is 686. The Morgan fingerprint density at radius 2 is 2.00 bits per heavy atom. The average Bonchev–Trinajstić information content (AvgIpc) is 3.00. The Labute approximate surface area is 182 Å². The van der Waals surface area contributed by atoms with Crippen LogP contribution in [0.25, 0.3) is 0 Å². The highest BCUT2D eigenvalue weighted by atomic mass is 16.5. The molecule has 3 fully saturated rings. The number of rotatable bonds is 6. The molecule has 0 bridgehead atoms. The highest BCUT2D eigenvalue weighted by molar-refractivity contribution is 5.38. The minimum absolute atomic E-state index is 0.198. The lowest BCUT2D eigenvalue weighted by molar-refractivity contribution is -0.0454. The molecule has 0 spiro atoms. The zero-order chi connectivity index (χ0) is 22.1. The van der Waals surface area contributed by atoms with Crippen molar-refractivity contribution in [1.82, 2.24) is 0 Å². The third kappa shape index (κ3) is 5.27. The van der Waals surface area contributed by atoms with Gasteiger partial charge in [-0.1, -0.05) is 31.2 Å². The molecule has 3 aliphatic rings. The van der Waals surface area contributed by atoms with Crippen LogP contribution in [0.3, 0.4) is 0 Å². The summed E-state index contributed by atoms with van der Waals surface area (Å²) in [4.78, 5) is 0. The SMILES string of the molecule is C=C1C(=C/C=C2\CCC[C@]3(C)[C@@H]([C@H](C)OCCC(C)(C)O)CC[C@@H]23)C[C@@H](O)C[C@@H]1O. The number of hydrogen-bond acceptors (Lipinski definition) is 4. The summed E-state index contributed by atoms with van der Waals surface area (Å²) >= 11 is 0. The minimum atomic E-state index is -0.680. The molecule has 30 heavy (non-hydrogen) atoms. The highest BCUT2D eigenvalue weighted by Crippen LogP contribution is 2.58. The molecular weight excluding hydrogens is 376 g/mol. The lowest BCUT2D eigenvalue weighted by Crippen LogP contribution is -2.39. The molecule has 0 aromatic heterocycles. The highest BCUT2D eigenvalue weighted by Gasteiger charge is 2.51. The summed E-state index contributed by atoms with van der Waals surface area (Å²) < 4.78 is 6.19. The lowest BCUT2D eigenvalue weighted by atomic mass is 9.62. The maximum absolute atomic E-state index is 10.1. The summed E-state index contributed by atoms with van der Waals surface area (Å²) in [6.45, 7) is 13.0. The van der Waals surface area contributed by atoms with Crippen LogP contribution in [0.4, 0.5) is 0 Å². The summed E-state index contributed by atoms with van der Waals surface area (Å²) in [6.07, 6.45) is 11.0. The molecule has 0 heterocycles. The van der Waals surface area contributed by atoms with Crippen molar-refractivity contribution in [1.29, 1.82) is 0 Å². The fourth-order valence-electron chi connectivity index (χ4n) is 6.13. The van der Waals surface area contributed by atoms with Crippen molar-refractivity contribution in [3.63, 3.8) is 0 Å². The van der Waals surface area contributed by atoms with Crippen LogP contribution in [-0.2, 0) is 4.74 Å². The summed E-state index contributed by atoms with van der Waals surface area (Å²) in [5.41, 5.74) is 2.82. The van der Waals surface area contributed by atoms with Crippen LogP contribution in [0.15, 0.2) is 35.5 Å². The van der Waals surface area contributed by atoms with Gasteiger partial charge in [0.1, 0.15) is 0 Å². The van der Waals surface area contributed by atoms with Gasteiger partial charge < -0.3 is 20.1 Å². The third-order valence-electron chi connectivity index (χ3n) is 7.96. The van der Waals surface area contributed by atoms with Gasteiger partial charge in [0.2, 0.25) is 0 Å². The van der Waals surface area contributed by atoms with Gasteiger partial charge in [0, 0.05) is 13.0 Å². The molecule has 0 aliphatic heterocycles. The van der Waals surface area contributed by atoms with Crippen molar-refractivity contribution in [2.75, 3.05) is 6.61 Å². The molecular formula is C26H42O4. The third-order valence-corrected chi connectivity index (χ3v) is 7.96. The second-order valence-electron chi connectivity index (χ2n) is 10.8. The van der Waals surface area contributed by atoms with Crippen molar-refractivity contribution >= 4 is 0 Å². The van der Waals surface area contributed by atoms with E-state index in [9.17, 15) is 15.3 Å². The second-order valence-corrected chi connectivity index (χ2v) is 10.8. The van der Waals surface area contributed by atoms with Crippen molar-refractivity contribution in [2.24, 2.45) is 17.3 Å². The van der Waals surface area contributed by atoms with E-state index < -0.39 is 17.8 Å². The molecule has 0 aromatic rings. The maximum Gasteiger partial charge on any atom is 0.0811 e. The number of fused-ring (bicyclic) bond motifs is 1. The van der Waals surface area contributed by atoms with Gasteiger partial charge in [-0.15, -0.1) is 0 Å². The fraction of sp³-hybridized carbons (Fsp3) is 0.769. The van der Waals surface area contributed by atoms with E-state index in [1.54, 1.807) is 0 Å². The zero-order valence-electron chi connectivity index (χ0n) is 19.4. The van der Waals surface area contributed by atoms with Gasteiger partial charge in [-0.3, -0.25) is 0 Å². The van der Waals surface area contributed by atoms with Crippen LogP contribution in [0.2, 0.25) is 0 Å². The van der Waals surface area contributed by atoms with E-state index >= 15 is 0 Å². The number of hydrogen-bond donors (Lipinski definition) is 3. The smallest absolute Gasteiger partial charge is 0.0811 e. The van der Waals surface area contributed by atoms with E-state index in [2.05, 4.69) is 32.6 Å². The second kappa shape index (κ2) is 9.28. The van der Waals surface area contributed by atoms with Gasteiger partial charge in [-0.2, -0.15) is 0 Å². The first-order chi connectivity index (χ1) is 14.0. The molecule has 3 saturated carbocycles. The van der Waals surface area contributed by atoms with E-state index in [0.717, 1.165) is 17.6 Å². The van der Waals surface area contributed by atoms with E-state index in [1.807, 2.05) is 13.8 Å². The molecule has 0 amide bonds. The van der Waals surface area contributed by atoms with Crippen molar-refractivity contribution < 1.29 is 20.1 Å². The van der Waals surface area contributed by atoms with Crippen LogP contribution in [0.1, 0.15) is 79.1 Å². The maximum atomic E-state index is 10.1. The van der Waals surface area contributed by atoms with Crippen LogP contribution in [0.5, 0.6) is 0 Å². The first kappa shape index (κ1) is 23.7. The lowest BCUT2D eigenvalue weighted by Gasteiger charge is -2.44. The number of aliphatic hydroxyl groups excluding tert-OH is 2. The molecule has 170 valence electrons. The Hall–Kier alpha value is -0.940. The Balaban J connectivity index is 1.70.